The Labute approximate surface area is 106 Å². The normalized spacial score (nSPS) is 12.4. The Morgan fingerprint density at radius 1 is 1.00 bits per heavy atom. The maximum absolute atomic E-state index is 9.82. The van der Waals surface area contributed by atoms with Crippen molar-refractivity contribution in [3.05, 3.63) is 47.3 Å². The number of hydrogen-bond donors (Lipinski definition) is 3. The SMILES string of the molecule is Cc1ccc(C)n1NC(C)c1c(O)cccc1O. The third-order valence-corrected chi connectivity index (χ3v) is 3.09. The molecule has 2 aromatic rings. The van der Waals surface area contributed by atoms with Crippen LogP contribution in [0.4, 0.5) is 0 Å². The fourth-order valence-electron chi connectivity index (χ4n) is 2.12. The highest BCUT2D eigenvalue weighted by Gasteiger charge is 2.15. The number of nitrogens with zero attached hydrogens (tertiary/aromatic N) is 1. The first-order valence-electron chi connectivity index (χ1n) is 5.93. The first-order chi connectivity index (χ1) is 8.50. The van der Waals surface area contributed by atoms with E-state index in [2.05, 4.69) is 5.43 Å². The highest BCUT2D eigenvalue weighted by Crippen LogP contribution is 2.32. The zero-order chi connectivity index (χ0) is 13.3. The average Bonchev–Trinajstić information content (AvgIpc) is 2.60. The summed E-state index contributed by atoms with van der Waals surface area (Å²) in [7, 11) is 0. The van der Waals surface area contributed by atoms with Gasteiger partial charge in [0.05, 0.1) is 11.6 Å². The second-order valence-electron chi connectivity index (χ2n) is 4.51. The fraction of sp³-hybridized carbons (Fsp3) is 0.286. The summed E-state index contributed by atoms with van der Waals surface area (Å²) in [6.07, 6.45) is 0. The Bertz CT molecular complexity index is 521. The van der Waals surface area contributed by atoms with E-state index in [4.69, 9.17) is 0 Å². The van der Waals surface area contributed by atoms with Crippen LogP contribution in [-0.2, 0) is 0 Å². The number of phenols is 2. The minimum absolute atomic E-state index is 0.0949. The second kappa shape index (κ2) is 4.64. The molecule has 0 amide bonds. The van der Waals surface area contributed by atoms with Crippen LogP contribution in [0, 0.1) is 13.8 Å². The monoisotopic (exact) mass is 246 g/mol. The summed E-state index contributed by atoms with van der Waals surface area (Å²) in [5.41, 5.74) is 5.91. The van der Waals surface area contributed by atoms with Gasteiger partial charge in [-0.15, -0.1) is 0 Å². The van der Waals surface area contributed by atoms with E-state index < -0.39 is 0 Å². The Kier molecular flexibility index (Phi) is 3.19. The second-order valence-corrected chi connectivity index (χ2v) is 4.51. The Balaban J connectivity index is 2.30. The first-order valence-corrected chi connectivity index (χ1v) is 5.93. The van der Waals surface area contributed by atoms with Crippen molar-refractivity contribution in [2.45, 2.75) is 26.8 Å². The molecule has 0 fully saturated rings. The molecule has 0 bridgehead atoms. The van der Waals surface area contributed by atoms with Gasteiger partial charge in [-0.2, -0.15) is 0 Å². The van der Waals surface area contributed by atoms with Crippen LogP contribution in [0.25, 0.3) is 0 Å². The molecule has 0 aliphatic heterocycles. The topological polar surface area (TPSA) is 57.4 Å². The molecule has 0 saturated heterocycles. The molecular formula is C14H18N2O2. The van der Waals surface area contributed by atoms with Gasteiger partial charge in [0, 0.05) is 11.4 Å². The molecule has 1 unspecified atom stereocenters. The van der Waals surface area contributed by atoms with E-state index in [0.717, 1.165) is 11.4 Å². The minimum Gasteiger partial charge on any atom is -0.507 e. The molecule has 18 heavy (non-hydrogen) atoms. The van der Waals surface area contributed by atoms with Crippen molar-refractivity contribution in [3.8, 4) is 11.5 Å². The van der Waals surface area contributed by atoms with E-state index in [9.17, 15) is 10.2 Å². The molecule has 96 valence electrons. The van der Waals surface area contributed by atoms with Gasteiger partial charge in [0.15, 0.2) is 0 Å². The van der Waals surface area contributed by atoms with Gasteiger partial charge >= 0.3 is 0 Å². The Morgan fingerprint density at radius 2 is 1.50 bits per heavy atom. The highest BCUT2D eigenvalue weighted by molar-refractivity contribution is 5.46. The molecule has 0 spiro atoms. The quantitative estimate of drug-likeness (QED) is 0.780. The molecule has 0 radical (unpaired) electrons. The minimum atomic E-state index is -0.198. The summed E-state index contributed by atoms with van der Waals surface area (Å²) >= 11 is 0. The van der Waals surface area contributed by atoms with Crippen LogP contribution in [-0.4, -0.2) is 14.9 Å². The molecule has 1 aromatic carbocycles. The van der Waals surface area contributed by atoms with E-state index in [1.807, 2.05) is 37.6 Å². The lowest BCUT2D eigenvalue weighted by molar-refractivity contribution is 0.431. The Hall–Kier alpha value is -2.10. The maximum atomic E-state index is 9.82. The lowest BCUT2D eigenvalue weighted by Gasteiger charge is -2.21. The van der Waals surface area contributed by atoms with Crippen LogP contribution in [0.15, 0.2) is 30.3 Å². The van der Waals surface area contributed by atoms with E-state index in [-0.39, 0.29) is 17.5 Å². The fourth-order valence-corrected chi connectivity index (χ4v) is 2.12. The van der Waals surface area contributed by atoms with Crippen LogP contribution < -0.4 is 5.43 Å². The van der Waals surface area contributed by atoms with Crippen molar-refractivity contribution < 1.29 is 10.2 Å². The predicted octanol–water partition coefficient (Wildman–Crippen LogP) is 2.82. The van der Waals surface area contributed by atoms with Gasteiger partial charge in [0.1, 0.15) is 11.5 Å². The number of aryl methyl sites for hydroxylation is 2. The molecule has 4 nitrogen and oxygen atoms in total. The van der Waals surface area contributed by atoms with Crippen LogP contribution in [0.2, 0.25) is 0 Å². The number of aromatic nitrogens is 1. The standard InChI is InChI=1S/C14H18N2O2/c1-9-7-8-10(2)16(9)15-11(3)14-12(17)5-4-6-13(14)18/h4-8,11,15,17-18H,1-3H3. The van der Waals surface area contributed by atoms with E-state index in [1.54, 1.807) is 18.2 Å². The maximum Gasteiger partial charge on any atom is 0.124 e. The molecule has 0 aliphatic carbocycles. The molecule has 2 rings (SSSR count). The van der Waals surface area contributed by atoms with Gasteiger partial charge in [-0.05, 0) is 45.0 Å². The smallest absolute Gasteiger partial charge is 0.124 e. The summed E-state index contributed by atoms with van der Waals surface area (Å²) in [5.74, 6) is 0.190. The molecular weight excluding hydrogens is 228 g/mol. The van der Waals surface area contributed by atoms with Gasteiger partial charge in [0.25, 0.3) is 0 Å². The number of rotatable bonds is 3. The van der Waals surface area contributed by atoms with Crippen LogP contribution in [0.3, 0.4) is 0 Å². The zero-order valence-corrected chi connectivity index (χ0v) is 10.8. The lowest BCUT2D eigenvalue weighted by atomic mass is 10.1. The van der Waals surface area contributed by atoms with Crippen molar-refractivity contribution in [2.75, 3.05) is 5.43 Å². The third-order valence-electron chi connectivity index (χ3n) is 3.09. The van der Waals surface area contributed by atoms with Gasteiger partial charge in [0.2, 0.25) is 0 Å². The molecule has 0 aliphatic rings. The van der Waals surface area contributed by atoms with Gasteiger partial charge in [-0.3, -0.25) is 4.68 Å². The predicted molar refractivity (Wildman–Crippen MR) is 71.5 cm³/mol. The number of hydrogen-bond acceptors (Lipinski definition) is 3. The molecule has 1 aromatic heterocycles. The van der Waals surface area contributed by atoms with Crippen molar-refractivity contribution in [1.82, 2.24) is 4.68 Å². The summed E-state index contributed by atoms with van der Waals surface area (Å²) in [4.78, 5) is 0. The van der Waals surface area contributed by atoms with E-state index in [0.29, 0.717) is 5.56 Å². The summed E-state index contributed by atoms with van der Waals surface area (Å²) in [6, 6.07) is 8.59. The highest BCUT2D eigenvalue weighted by atomic mass is 16.3. The number of phenolic OH excluding ortho intramolecular Hbond substituents is 2. The van der Waals surface area contributed by atoms with Crippen LogP contribution in [0.5, 0.6) is 11.5 Å². The van der Waals surface area contributed by atoms with Crippen LogP contribution >= 0.6 is 0 Å². The van der Waals surface area contributed by atoms with Crippen molar-refractivity contribution in [1.29, 1.82) is 0 Å². The molecule has 0 saturated carbocycles. The van der Waals surface area contributed by atoms with Crippen LogP contribution in [0.1, 0.15) is 29.9 Å². The van der Waals surface area contributed by atoms with Gasteiger partial charge < -0.3 is 15.6 Å². The summed E-state index contributed by atoms with van der Waals surface area (Å²) < 4.78 is 1.94. The largest absolute Gasteiger partial charge is 0.507 e. The van der Waals surface area contributed by atoms with E-state index in [1.165, 1.54) is 0 Å². The van der Waals surface area contributed by atoms with Gasteiger partial charge in [-0.1, -0.05) is 6.07 Å². The third kappa shape index (κ3) is 2.14. The molecule has 3 N–H and O–H groups in total. The Morgan fingerprint density at radius 3 is 2.00 bits per heavy atom. The summed E-state index contributed by atoms with van der Waals surface area (Å²) in [5, 5.41) is 19.6. The number of nitrogens with one attached hydrogen (secondary N) is 1. The van der Waals surface area contributed by atoms with E-state index >= 15 is 0 Å². The number of aromatic hydroxyl groups is 2. The number of benzene rings is 1. The first kappa shape index (κ1) is 12.4. The van der Waals surface area contributed by atoms with Crippen molar-refractivity contribution >= 4 is 0 Å². The van der Waals surface area contributed by atoms with Crippen molar-refractivity contribution in [3.63, 3.8) is 0 Å². The average molecular weight is 246 g/mol. The zero-order valence-electron chi connectivity index (χ0n) is 10.8. The van der Waals surface area contributed by atoms with Crippen molar-refractivity contribution in [2.24, 2.45) is 0 Å². The van der Waals surface area contributed by atoms with Gasteiger partial charge in [-0.25, -0.2) is 0 Å². The lowest BCUT2D eigenvalue weighted by Crippen LogP contribution is -2.21. The molecule has 4 heteroatoms. The summed E-state index contributed by atoms with van der Waals surface area (Å²) in [6.45, 7) is 5.89. The molecule has 1 atom stereocenters. The molecule has 1 heterocycles.